The van der Waals surface area contributed by atoms with Crippen molar-refractivity contribution in [3.8, 4) is 17.1 Å². The lowest BCUT2D eigenvalue weighted by Crippen LogP contribution is -2.46. The maximum atomic E-state index is 13.2. The molecule has 0 radical (unpaired) electrons. The Hall–Kier alpha value is -4.05. The third-order valence-corrected chi connectivity index (χ3v) is 7.17. The van der Waals surface area contributed by atoms with E-state index in [9.17, 15) is 14.0 Å². The molecule has 2 saturated heterocycles. The summed E-state index contributed by atoms with van der Waals surface area (Å²) in [6.45, 7) is 3.31. The van der Waals surface area contributed by atoms with Gasteiger partial charge < -0.3 is 20.1 Å². The second-order valence-corrected chi connectivity index (χ2v) is 9.47. The zero-order valence-corrected chi connectivity index (χ0v) is 19.6. The molecule has 3 aliphatic heterocycles. The van der Waals surface area contributed by atoms with Gasteiger partial charge in [0, 0.05) is 42.6 Å². The quantitative estimate of drug-likeness (QED) is 0.524. The Balaban J connectivity index is 1.21. The minimum atomic E-state index is -0.391. The zero-order valence-electron chi connectivity index (χ0n) is 19.6. The van der Waals surface area contributed by atoms with Crippen molar-refractivity contribution in [2.45, 2.75) is 31.5 Å². The number of ether oxygens (including phenoxy) is 2. The van der Waals surface area contributed by atoms with Gasteiger partial charge >= 0.3 is 5.69 Å². The van der Waals surface area contributed by atoms with E-state index in [-0.39, 0.29) is 46.9 Å². The fourth-order valence-corrected chi connectivity index (χ4v) is 5.29. The number of morpholine rings is 1. The van der Waals surface area contributed by atoms with Crippen molar-refractivity contribution in [3.63, 3.8) is 0 Å². The van der Waals surface area contributed by atoms with Crippen molar-refractivity contribution in [1.29, 1.82) is 0 Å². The largest absolute Gasteiger partial charge is 0.473 e. The van der Waals surface area contributed by atoms with E-state index in [1.807, 2.05) is 6.07 Å². The third kappa shape index (κ3) is 3.65. The zero-order chi connectivity index (χ0) is 25.0. The number of rotatable bonds is 6. The van der Waals surface area contributed by atoms with E-state index in [1.54, 1.807) is 22.9 Å². The highest BCUT2D eigenvalue weighted by atomic mass is 19.1. The molecule has 6 rings (SSSR count). The van der Waals surface area contributed by atoms with Crippen LogP contribution in [0.1, 0.15) is 18.9 Å². The first-order chi connectivity index (χ1) is 17.3. The number of Topliss-reactive ketones (excluding diaryl/α,β-unsaturated/α-hetero) is 1. The summed E-state index contributed by atoms with van der Waals surface area (Å²) in [4.78, 5) is 35.8. The van der Waals surface area contributed by atoms with E-state index >= 15 is 0 Å². The van der Waals surface area contributed by atoms with Crippen LogP contribution >= 0.6 is 0 Å². The van der Waals surface area contributed by atoms with Gasteiger partial charge in [-0.15, -0.1) is 0 Å². The minimum Gasteiger partial charge on any atom is -0.473 e. The number of benzene rings is 1. The molecule has 0 unspecified atom stereocenters. The monoisotopic (exact) mass is 489 g/mol. The second kappa shape index (κ2) is 8.27. The van der Waals surface area contributed by atoms with Gasteiger partial charge in [-0.3, -0.25) is 9.36 Å². The Morgan fingerprint density at radius 2 is 2.08 bits per heavy atom. The molecular weight excluding hydrogens is 465 g/mol. The molecule has 36 heavy (non-hydrogen) atoms. The number of nitrogens with zero attached hydrogens (tertiary/aromatic N) is 4. The Bertz CT molecular complexity index is 1450. The highest BCUT2D eigenvalue weighted by Gasteiger charge is 2.56. The van der Waals surface area contributed by atoms with Crippen molar-refractivity contribution in [2.75, 3.05) is 24.7 Å². The molecule has 0 saturated carbocycles. The van der Waals surface area contributed by atoms with E-state index in [0.717, 1.165) is 18.8 Å². The number of aromatic nitrogens is 3. The lowest BCUT2D eigenvalue weighted by Gasteiger charge is -2.32. The number of halogens is 1. The Morgan fingerprint density at radius 1 is 1.28 bits per heavy atom. The van der Waals surface area contributed by atoms with Gasteiger partial charge in [-0.2, -0.15) is 4.98 Å². The molecule has 2 bridgehead atoms. The van der Waals surface area contributed by atoms with E-state index < -0.39 is 5.82 Å². The van der Waals surface area contributed by atoms with Crippen LogP contribution < -0.4 is 21.1 Å². The number of anilines is 1. The number of pyridine rings is 1. The van der Waals surface area contributed by atoms with Gasteiger partial charge in [-0.25, -0.2) is 14.2 Å². The third-order valence-electron chi connectivity index (χ3n) is 7.17. The van der Waals surface area contributed by atoms with Gasteiger partial charge in [0.05, 0.1) is 36.1 Å². The van der Waals surface area contributed by atoms with Crippen LogP contribution in [-0.2, 0) is 16.1 Å². The molecule has 1 spiro atoms. The van der Waals surface area contributed by atoms with E-state index in [2.05, 4.69) is 14.9 Å². The number of ketones is 1. The van der Waals surface area contributed by atoms with Crippen molar-refractivity contribution < 1.29 is 18.7 Å². The SMILES string of the molecule is CC(=O)/C(COc1ccc(-c2cc3n(c(=O)n2)C[C@]24CO[C@H](CN32)C4)cn1)=C(\N)c1ccc(F)cc1. The molecule has 3 aromatic rings. The highest BCUT2D eigenvalue weighted by molar-refractivity contribution is 6.00. The topological polar surface area (TPSA) is 113 Å². The summed E-state index contributed by atoms with van der Waals surface area (Å²) < 4.78 is 26.5. The first-order valence-corrected chi connectivity index (χ1v) is 11.7. The van der Waals surface area contributed by atoms with Gasteiger partial charge in [-0.1, -0.05) is 0 Å². The average Bonchev–Trinajstić information content (AvgIpc) is 3.53. The van der Waals surface area contributed by atoms with E-state index in [4.69, 9.17) is 15.2 Å². The minimum absolute atomic E-state index is 0.0936. The highest BCUT2D eigenvalue weighted by Crippen LogP contribution is 2.46. The Labute approximate surface area is 206 Å². The first-order valence-electron chi connectivity index (χ1n) is 11.7. The summed E-state index contributed by atoms with van der Waals surface area (Å²) in [6.07, 6.45) is 2.73. The van der Waals surface area contributed by atoms with Crippen LogP contribution in [-0.4, -0.2) is 51.7 Å². The predicted molar refractivity (Wildman–Crippen MR) is 130 cm³/mol. The first kappa shape index (κ1) is 22.4. The molecule has 2 aromatic heterocycles. The van der Waals surface area contributed by atoms with Gasteiger partial charge in [0.25, 0.3) is 0 Å². The van der Waals surface area contributed by atoms with Crippen molar-refractivity contribution in [2.24, 2.45) is 5.73 Å². The maximum absolute atomic E-state index is 13.2. The molecule has 184 valence electrons. The predicted octanol–water partition coefficient (Wildman–Crippen LogP) is 2.14. The number of hydrogen-bond acceptors (Lipinski definition) is 8. The normalized spacial score (nSPS) is 22.3. The molecule has 10 heteroatoms. The summed E-state index contributed by atoms with van der Waals surface area (Å²) in [5, 5.41) is 0. The lowest BCUT2D eigenvalue weighted by atomic mass is 10.0. The smallest absolute Gasteiger partial charge is 0.349 e. The molecule has 2 N–H and O–H groups in total. The molecule has 1 aromatic carbocycles. The van der Waals surface area contributed by atoms with E-state index in [0.29, 0.717) is 30.0 Å². The summed E-state index contributed by atoms with van der Waals surface area (Å²) in [5.74, 6) is 0.507. The molecular formula is C26H24FN5O4. The van der Waals surface area contributed by atoms with Gasteiger partial charge in [0.1, 0.15) is 18.2 Å². The van der Waals surface area contributed by atoms with Crippen LogP contribution in [0.4, 0.5) is 10.2 Å². The summed E-state index contributed by atoms with van der Waals surface area (Å²) in [6, 6.07) is 10.9. The van der Waals surface area contributed by atoms with E-state index in [1.165, 1.54) is 31.2 Å². The maximum Gasteiger partial charge on any atom is 0.349 e. The van der Waals surface area contributed by atoms with Crippen molar-refractivity contribution >= 4 is 17.3 Å². The molecule has 0 amide bonds. The van der Waals surface area contributed by atoms with Crippen LogP contribution in [0.3, 0.4) is 0 Å². The fraction of sp³-hybridized carbons (Fsp3) is 0.308. The fourth-order valence-electron chi connectivity index (χ4n) is 5.29. The second-order valence-electron chi connectivity index (χ2n) is 9.47. The standard InChI is InChI=1S/C26H24FN5O4/c1-15(33)20(24(28)16-2-5-18(27)6-3-16)12-35-22-7-4-17(10-29-22)21-8-23-31(25(34)30-21)13-26-9-19(36-14-26)11-32(23)26/h2-8,10,19H,9,11-14,28H2,1H3/b24-20-/t19-,26+/m0/s1. The lowest BCUT2D eigenvalue weighted by molar-refractivity contribution is -0.113. The molecule has 3 aliphatic rings. The number of hydrogen-bond donors (Lipinski definition) is 1. The van der Waals surface area contributed by atoms with Gasteiger partial charge in [0.2, 0.25) is 5.88 Å². The van der Waals surface area contributed by atoms with Crippen molar-refractivity contribution in [3.05, 3.63) is 76.1 Å². The van der Waals surface area contributed by atoms with Gasteiger partial charge in [-0.05, 0) is 42.8 Å². The van der Waals surface area contributed by atoms with Gasteiger partial charge in [0.15, 0.2) is 5.78 Å². The number of nitrogens with two attached hydrogens (primary N) is 1. The van der Waals surface area contributed by atoms with Crippen molar-refractivity contribution in [1.82, 2.24) is 14.5 Å². The summed E-state index contributed by atoms with van der Waals surface area (Å²) in [7, 11) is 0. The number of carbonyl (C=O) groups excluding carboxylic acids is 1. The number of carbonyl (C=O) groups is 1. The Morgan fingerprint density at radius 3 is 2.78 bits per heavy atom. The Kier molecular flexibility index (Phi) is 5.15. The molecule has 0 aliphatic carbocycles. The van der Waals surface area contributed by atoms with Crippen LogP contribution in [0.25, 0.3) is 17.0 Å². The molecule has 5 heterocycles. The van der Waals surface area contributed by atoms with Crippen LogP contribution in [0.5, 0.6) is 5.88 Å². The molecule has 9 nitrogen and oxygen atoms in total. The average molecular weight is 490 g/mol. The number of fused-ring (bicyclic) bond motifs is 3. The van der Waals surface area contributed by atoms with Crippen LogP contribution in [0.2, 0.25) is 0 Å². The van der Waals surface area contributed by atoms with Crippen LogP contribution in [0.15, 0.2) is 59.0 Å². The summed E-state index contributed by atoms with van der Waals surface area (Å²) >= 11 is 0. The summed E-state index contributed by atoms with van der Waals surface area (Å²) in [5.41, 5.74) is 7.96. The molecule has 2 atom stereocenters. The van der Waals surface area contributed by atoms with Crippen LogP contribution in [0, 0.1) is 5.82 Å². The molecule has 2 fully saturated rings.